The molecule has 108 valence electrons. The molecule has 0 fully saturated rings. The van der Waals surface area contributed by atoms with Crippen LogP contribution in [0.5, 0.6) is 0 Å². The summed E-state index contributed by atoms with van der Waals surface area (Å²) in [5.41, 5.74) is -0.638. The van der Waals surface area contributed by atoms with Crippen LogP contribution in [-0.2, 0) is 19.0 Å². The molecule has 2 atom stereocenters. The van der Waals surface area contributed by atoms with E-state index < -0.39 is 5.54 Å². The van der Waals surface area contributed by atoms with E-state index >= 15 is 0 Å². The number of esters is 1. The van der Waals surface area contributed by atoms with E-state index in [1.54, 1.807) is 7.05 Å². The van der Waals surface area contributed by atoms with E-state index in [0.29, 0.717) is 26.2 Å². The van der Waals surface area contributed by atoms with Crippen LogP contribution in [0, 0.1) is 0 Å². The van der Waals surface area contributed by atoms with E-state index in [0.717, 1.165) is 6.42 Å². The number of likely N-dealkylation sites (N-methyl/N-ethyl adjacent to an activating group) is 1. The molecule has 0 saturated heterocycles. The van der Waals surface area contributed by atoms with E-state index in [4.69, 9.17) is 14.2 Å². The number of hydrogen-bond donors (Lipinski definition) is 1. The van der Waals surface area contributed by atoms with Crippen LogP contribution < -0.4 is 5.32 Å². The van der Waals surface area contributed by atoms with Crippen LogP contribution in [0.15, 0.2) is 0 Å². The second-order valence-corrected chi connectivity index (χ2v) is 4.52. The molecule has 0 aromatic carbocycles. The Morgan fingerprint density at radius 1 is 1.44 bits per heavy atom. The minimum absolute atomic E-state index is 0.0870. The molecule has 0 spiro atoms. The topological polar surface area (TPSA) is 56.8 Å². The van der Waals surface area contributed by atoms with Crippen molar-refractivity contribution >= 4 is 5.97 Å². The third kappa shape index (κ3) is 6.33. The molecule has 0 radical (unpaired) electrons. The van der Waals surface area contributed by atoms with Gasteiger partial charge in [0.1, 0.15) is 5.54 Å². The van der Waals surface area contributed by atoms with Gasteiger partial charge < -0.3 is 19.5 Å². The summed E-state index contributed by atoms with van der Waals surface area (Å²) in [5, 5.41) is 3.00. The number of methoxy groups -OCH3 is 1. The molecule has 18 heavy (non-hydrogen) atoms. The van der Waals surface area contributed by atoms with Gasteiger partial charge in [-0.3, -0.25) is 4.79 Å². The highest BCUT2D eigenvalue weighted by Gasteiger charge is 2.31. The van der Waals surface area contributed by atoms with Gasteiger partial charge in [0.05, 0.1) is 19.8 Å². The van der Waals surface area contributed by atoms with Crippen molar-refractivity contribution in [3.8, 4) is 0 Å². The standard InChI is InChI=1S/C13H27NO4/c1-6-17-10-11(2)18-9-7-8-13(3,14-4)12(15)16-5/h11,14H,6-10H2,1-5H3. The molecule has 0 saturated carbocycles. The molecule has 0 amide bonds. The van der Waals surface area contributed by atoms with Gasteiger partial charge in [0, 0.05) is 13.2 Å². The second-order valence-electron chi connectivity index (χ2n) is 4.52. The summed E-state index contributed by atoms with van der Waals surface area (Å²) in [4.78, 5) is 11.6. The lowest BCUT2D eigenvalue weighted by Crippen LogP contribution is -2.48. The number of carbonyl (C=O) groups excluding carboxylic acids is 1. The number of nitrogens with one attached hydrogen (secondary N) is 1. The first-order valence-corrected chi connectivity index (χ1v) is 6.46. The van der Waals surface area contributed by atoms with Crippen LogP contribution in [0.3, 0.4) is 0 Å². The predicted molar refractivity (Wildman–Crippen MR) is 70.6 cm³/mol. The molecule has 2 unspecified atom stereocenters. The van der Waals surface area contributed by atoms with Gasteiger partial charge in [-0.05, 0) is 40.7 Å². The fraction of sp³-hybridized carbons (Fsp3) is 0.923. The minimum atomic E-state index is -0.638. The largest absolute Gasteiger partial charge is 0.468 e. The minimum Gasteiger partial charge on any atom is -0.468 e. The summed E-state index contributed by atoms with van der Waals surface area (Å²) in [7, 11) is 3.16. The normalized spacial score (nSPS) is 16.1. The van der Waals surface area contributed by atoms with Gasteiger partial charge in [-0.2, -0.15) is 0 Å². The molecule has 1 N–H and O–H groups in total. The van der Waals surface area contributed by atoms with Gasteiger partial charge in [0.25, 0.3) is 0 Å². The van der Waals surface area contributed by atoms with Crippen molar-refractivity contribution in [3.05, 3.63) is 0 Å². The first kappa shape index (κ1) is 17.4. The number of hydrogen-bond acceptors (Lipinski definition) is 5. The average Bonchev–Trinajstić information content (AvgIpc) is 2.39. The highest BCUT2D eigenvalue weighted by Crippen LogP contribution is 2.14. The maximum Gasteiger partial charge on any atom is 0.325 e. The monoisotopic (exact) mass is 261 g/mol. The first-order valence-electron chi connectivity index (χ1n) is 6.46. The Balaban J connectivity index is 3.84. The summed E-state index contributed by atoms with van der Waals surface area (Å²) in [5.74, 6) is -0.243. The maximum absolute atomic E-state index is 11.6. The lowest BCUT2D eigenvalue weighted by molar-refractivity contribution is -0.148. The molecule has 0 aromatic heterocycles. The number of rotatable bonds is 10. The van der Waals surface area contributed by atoms with E-state index in [1.165, 1.54) is 7.11 Å². The van der Waals surface area contributed by atoms with Crippen molar-refractivity contribution in [3.63, 3.8) is 0 Å². The second kappa shape index (κ2) is 9.30. The maximum atomic E-state index is 11.6. The molecule has 0 heterocycles. The Kier molecular flexibility index (Phi) is 8.97. The van der Waals surface area contributed by atoms with Crippen LogP contribution in [0.25, 0.3) is 0 Å². The number of ether oxygens (including phenoxy) is 3. The van der Waals surface area contributed by atoms with Crippen LogP contribution >= 0.6 is 0 Å². The van der Waals surface area contributed by atoms with Gasteiger partial charge in [0.2, 0.25) is 0 Å². The van der Waals surface area contributed by atoms with Gasteiger partial charge in [0.15, 0.2) is 0 Å². The molecule has 0 rings (SSSR count). The van der Waals surface area contributed by atoms with Gasteiger partial charge >= 0.3 is 5.97 Å². The molecule has 0 aliphatic heterocycles. The van der Waals surface area contributed by atoms with Crippen molar-refractivity contribution in [2.24, 2.45) is 0 Å². The van der Waals surface area contributed by atoms with E-state index in [1.807, 2.05) is 20.8 Å². The van der Waals surface area contributed by atoms with Crippen LogP contribution in [0.4, 0.5) is 0 Å². The summed E-state index contributed by atoms with van der Waals surface area (Å²) in [6.45, 7) is 7.70. The molecular formula is C13H27NO4. The quantitative estimate of drug-likeness (QED) is 0.475. The Hall–Kier alpha value is -0.650. The van der Waals surface area contributed by atoms with Crippen molar-refractivity contribution in [1.29, 1.82) is 0 Å². The zero-order valence-electron chi connectivity index (χ0n) is 12.2. The van der Waals surface area contributed by atoms with Crippen LogP contribution in [-0.4, -0.2) is 51.6 Å². The molecule has 0 aromatic rings. The van der Waals surface area contributed by atoms with E-state index in [-0.39, 0.29) is 12.1 Å². The molecule has 0 aliphatic rings. The van der Waals surface area contributed by atoms with Crippen molar-refractivity contribution in [2.45, 2.75) is 45.3 Å². The Morgan fingerprint density at radius 2 is 2.11 bits per heavy atom. The molecule has 0 bridgehead atoms. The average molecular weight is 261 g/mol. The fourth-order valence-corrected chi connectivity index (χ4v) is 1.60. The van der Waals surface area contributed by atoms with Crippen molar-refractivity contribution in [2.75, 3.05) is 34.0 Å². The third-order valence-electron chi connectivity index (χ3n) is 2.97. The lowest BCUT2D eigenvalue weighted by Gasteiger charge is -2.26. The summed E-state index contributed by atoms with van der Waals surface area (Å²) < 4.78 is 15.6. The van der Waals surface area contributed by atoms with Crippen molar-refractivity contribution in [1.82, 2.24) is 5.32 Å². The zero-order valence-corrected chi connectivity index (χ0v) is 12.2. The SMILES string of the molecule is CCOCC(C)OCCCC(C)(NC)C(=O)OC. The Morgan fingerprint density at radius 3 is 2.61 bits per heavy atom. The third-order valence-corrected chi connectivity index (χ3v) is 2.97. The summed E-state index contributed by atoms with van der Waals surface area (Å²) in [6, 6.07) is 0. The van der Waals surface area contributed by atoms with Gasteiger partial charge in [-0.25, -0.2) is 0 Å². The smallest absolute Gasteiger partial charge is 0.325 e. The molecule has 5 nitrogen and oxygen atoms in total. The number of carbonyl (C=O) groups is 1. The summed E-state index contributed by atoms with van der Waals surface area (Å²) in [6.07, 6.45) is 1.56. The van der Waals surface area contributed by atoms with Crippen LogP contribution in [0.1, 0.15) is 33.6 Å². The fourth-order valence-electron chi connectivity index (χ4n) is 1.60. The van der Waals surface area contributed by atoms with Crippen LogP contribution in [0.2, 0.25) is 0 Å². The van der Waals surface area contributed by atoms with E-state index in [2.05, 4.69) is 5.32 Å². The van der Waals surface area contributed by atoms with E-state index in [9.17, 15) is 4.79 Å². The Labute approximate surface area is 110 Å². The molecule has 5 heteroatoms. The highest BCUT2D eigenvalue weighted by atomic mass is 16.5. The van der Waals surface area contributed by atoms with Gasteiger partial charge in [-0.1, -0.05) is 0 Å². The zero-order chi connectivity index (χ0) is 14.0. The Bertz CT molecular complexity index is 235. The lowest BCUT2D eigenvalue weighted by atomic mass is 9.96. The van der Waals surface area contributed by atoms with Gasteiger partial charge in [-0.15, -0.1) is 0 Å². The predicted octanol–water partition coefficient (Wildman–Crippen LogP) is 1.36. The molecular weight excluding hydrogens is 234 g/mol. The van der Waals surface area contributed by atoms with Crippen molar-refractivity contribution < 1.29 is 19.0 Å². The highest BCUT2D eigenvalue weighted by molar-refractivity contribution is 5.80. The summed E-state index contributed by atoms with van der Waals surface area (Å²) >= 11 is 0. The molecule has 0 aliphatic carbocycles. The first-order chi connectivity index (χ1) is 8.50.